The van der Waals surface area contributed by atoms with E-state index in [4.69, 9.17) is 12.2 Å². The lowest BCUT2D eigenvalue weighted by atomic mass is 10.1. The standard InChI is InChI=1S/C14H13N3O2S2/c1-2-7-16-10-6-4-3-5-9(10)12(13(16)19)15-17-11(18)8-21-14(17)20/h3-6H,2,7-8H2,1H3/b15-12+. The highest BCUT2D eigenvalue weighted by atomic mass is 32.2. The van der Waals surface area contributed by atoms with Gasteiger partial charge in [-0.05, 0) is 12.5 Å². The lowest BCUT2D eigenvalue weighted by Crippen LogP contribution is -2.33. The number of carbonyl (C=O) groups is 2. The number of thiocarbonyl (C=S) groups is 1. The van der Waals surface area contributed by atoms with Crippen LogP contribution >= 0.6 is 24.0 Å². The predicted octanol–water partition coefficient (Wildman–Crippen LogP) is 2.01. The highest BCUT2D eigenvalue weighted by molar-refractivity contribution is 8.23. The molecule has 2 aliphatic rings. The van der Waals surface area contributed by atoms with Crippen molar-refractivity contribution >= 4 is 51.5 Å². The van der Waals surface area contributed by atoms with E-state index >= 15 is 0 Å². The van der Waals surface area contributed by atoms with Crippen LogP contribution in [0.1, 0.15) is 18.9 Å². The third kappa shape index (κ3) is 2.36. The van der Waals surface area contributed by atoms with Crippen LogP contribution in [-0.2, 0) is 9.59 Å². The topological polar surface area (TPSA) is 53.0 Å². The molecular weight excluding hydrogens is 306 g/mol. The smallest absolute Gasteiger partial charge is 0.279 e. The van der Waals surface area contributed by atoms with Crippen molar-refractivity contribution in [1.29, 1.82) is 0 Å². The van der Waals surface area contributed by atoms with Gasteiger partial charge >= 0.3 is 0 Å². The zero-order chi connectivity index (χ0) is 15.0. The lowest BCUT2D eigenvalue weighted by Gasteiger charge is -2.15. The maximum atomic E-state index is 12.6. The van der Waals surface area contributed by atoms with Crippen molar-refractivity contribution in [3.05, 3.63) is 29.8 Å². The summed E-state index contributed by atoms with van der Waals surface area (Å²) in [5, 5.41) is 5.41. The highest BCUT2D eigenvalue weighted by Gasteiger charge is 2.36. The number of rotatable bonds is 3. The van der Waals surface area contributed by atoms with Crippen LogP contribution in [0.4, 0.5) is 5.69 Å². The van der Waals surface area contributed by atoms with E-state index in [0.717, 1.165) is 17.7 Å². The molecule has 0 N–H and O–H groups in total. The van der Waals surface area contributed by atoms with Gasteiger partial charge in [-0.1, -0.05) is 49.1 Å². The Bertz CT molecular complexity index is 656. The van der Waals surface area contributed by atoms with Gasteiger partial charge in [0, 0.05) is 12.1 Å². The van der Waals surface area contributed by atoms with Gasteiger partial charge in [-0.3, -0.25) is 9.59 Å². The average Bonchev–Trinajstić information content (AvgIpc) is 2.94. The summed E-state index contributed by atoms with van der Waals surface area (Å²) in [6, 6.07) is 7.48. The molecule has 108 valence electrons. The SMILES string of the molecule is CCCN1C(=O)/C(=N/N2C(=O)CSC2=S)c2ccccc21. The molecule has 0 radical (unpaired) electrons. The molecule has 1 fully saturated rings. The van der Waals surface area contributed by atoms with E-state index in [0.29, 0.717) is 10.9 Å². The van der Waals surface area contributed by atoms with Crippen molar-refractivity contribution in [2.24, 2.45) is 5.10 Å². The summed E-state index contributed by atoms with van der Waals surface area (Å²) in [5.74, 6) is -0.0771. The fraction of sp³-hybridized carbons (Fsp3) is 0.286. The molecule has 21 heavy (non-hydrogen) atoms. The number of fused-ring (bicyclic) bond motifs is 1. The second kappa shape index (κ2) is 5.57. The molecule has 2 amide bonds. The fourth-order valence-electron chi connectivity index (χ4n) is 2.35. The van der Waals surface area contributed by atoms with Crippen LogP contribution in [0.25, 0.3) is 0 Å². The van der Waals surface area contributed by atoms with E-state index < -0.39 is 0 Å². The summed E-state index contributed by atoms with van der Waals surface area (Å²) in [4.78, 5) is 26.0. The molecule has 1 aromatic rings. The van der Waals surface area contributed by atoms with Crippen molar-refractivity contribution < 1.29 is 9.59 Å². The summed E-state index contributed by atoms with van der Waals surface area (Å²) in [6.45, 7) is 2.64. The van der Waals surface area contributed by atoms with Gasteiger partial charge in [-0.2, -0.15) is 10.1 Å². The minimum Gasteiger partial charge on any atom is -0.306 e. The maximum Gasteiger partial charge on any atom is 0.279 e. The van der Waals surface area contributed by atoms with E-state index in [2.05, 4.69) is 5.10 Å². The Hall–Kier alpha value is -1.73. The van der Waals surface area contributed by atoms with Crippen LogP contribution in [0.3, 0.4) is 0 Å². The Morgan fingerprint density at radius 2 is 2.10 bits per heavy atom. The molecule has 7 heteroatoms. The van der Waals surface area contributed by atoms with Gasteiger partial charge in [0.1, 0.15) is 0 Å². The number of hydrogen-bond donors (Lipinski definition) is 0. The summed E-state index contributed by atoms with van der Waals surface area (Å²) < 4.78 is 0.395. The molecule has 0 aliphatic carbocycles. The number of para-hydroxylation sites is 1. The van der Waals surface area contributed by atoms with Crippen LogP contribution in [0, 0.1) is 0 Å². The van der Waals surface area contributed by atoms with Crippen molar-refractivity contribution in [2.45, 2.75) is 13.3 Å². The molecule has 0 atom stereocenters. The molecular formula is C14H13N3O2S2. The van der Waals surface area contributed by atoms with Crippen LogP contribution in [0.15, 0.2) is 29.4 Å². The fourth-order valence-corrected chi connectivity index (χ4v) is 3.30. The van der Waals surface area contributed by atoms with Gasteiger partial charge in [0.25, 0.3) is 11.8 Å². The largest absolute Gasteiger partial charge is 0.306 e. The van der Waals surface area contributed by atoms with Gasteiger partial charge in [0.15, 0.2) is 10.0 Å². The Morgan fingerprint density at radius 1 is 1.33 bits per heavy atom. The Kier molecular flexibility index (Phi) is 3.77. The predicted molar refractivity (Wildman–Crippen MR) is 87.5 cm³/mol. The van der Waals surface area contributed by atoms with E-state index in [1.54, 1.807) is 4.90 Å². The van der Waals surface area contributed by atoms with Crippen LogP contribution < -0.4 is 4.90 Å². The zero-order valence-electron chi connectivity index (χ0n) is 11.4. The molecule has 0 bridgehead atoms. The van der Waals surface area contributed by atoms with Crippen LogP contribution in [-0.4, -0.2) is 39.2 Å². The first-order valence-corrected chi connectivity index (χ1v) is 8.02. The van der Waals surface area contributed by atoms with E-state index in [-0.39, 0.29) is 23.3 Å². The molecule has 0 saturated carbocycles. The second-order valence-electron chi connectivity index (χ2n) is 4.68. The van der Waals surface area contributed by atoms with Crippen molar-refractivity contribution in [1.82, 2.24) is 5.01 Å². The summed E-state index contributed by atoms with van der Waals surface area (Å²) in [5.41, 5.74) is 1.88. The van der Waals surface area contributed by atoms with Crippen molar-refractivity contribution in [3.8, 4) is 0 Å². The normalized spacial score (nSPS) is 19.9. The van der Waals surface area contributed by atoms with Gasteiger partial charge < -0.3 is 4.90 Å². The van der Waals surface area contributed by atoms with E-state index in [1.807, 2.05) is 31.2 Å². The molecule has 2 aliphatic heterocycles. The molecule has 3 rings (SSSR count). The summed E-state index contributed by atoms with van der Waals surface area (Å²) in [6.07, 6.45) is 0.851. The molecule has 1 aromatic carbocycles. The molecule has 0 aromatic heterocycles. The molecule has 0 spiro atoms. The Morgan fingerprint density at radius 3 is 2.76 bits per heavy atom. The van der Waals surface area contributed by atoms with Gasteiger partial charge in [0.05, 0.1) is 11.4 Å². The zero-order valence-corrected chi connectivity index (χ0v) is 13.0. The molecule has 2 heterocycles. The Balaban J connectivity index is 2.05. The first-order valence-electron chi connectivity index (χ1n) is 6.63. The number of hydrogen-bond acceptors (Lipinski definition) is 5. The monoisotopic (exact) mass is 319 g/mol. The molecule has 5 nitrogen and oxygen atoms in total. The number of nitrogens with zero attached hydrogens (tertiary/aromatic N) is 3. The quantitative estimate of drug-likeness (QED) is 0.800. The highest BCUT2D eigenvalue weighted by Crippen LogP contribution is 2.30. The summed E-state index contributed by atoms with van der Waals surface area (Å²) in [7, 11) is 0. The Labute approximate surface area is 132 Å². The van der Waals surface area contributed by atoms with E-state index in [9.17, 15) is 9.59 Å². The van der Waals surface area contributed by atoms with Gasteiger partial charge in [-0.25, -0.2) is 0 Å². The van der Waals surface area contributed by atoms with E-state index in [1.165, 1.54) is 16.8 Å². The number of benzene rings is 1. The first kappa shape index (κ1) is 14.2. The second-order valence-corrected chi connectivity index (χ2v) is 6.29. The maximum absolute atomic E-state index is 12.6. The molecule has 0 unspecified atom stereocenters. The van der Waals surface area contributed by atoms with Crippen LogP contribution in [0.5, 0.6) is 0 Å². The minimum absolute atomic E-state index is 0.175. The van der Waals surface area contributed by atoms with Crippen molar-refractivity contribution in [2.75, 3.05) is 17.2 Å². The third-order valence-corrected chi connectivity index (χ3v) is 4.61. The number of anilines is 1. The van der Waals surface area contributed by atoms with Gasteiger partial charge in [-0.15, -0.1) is 0 Å². The van der Waals surface area contributed by atoms with Gasteiger partial charge in [0.2, 0.25) is 0 Å². The number of thioether (sulfide) groups is 1. The van der Waals surface area contributed by atoms with Crippen molar-refractivity contribution in [3.63, 3.8) is 0 Å². The first-order chi connectivity index (χ1) is 10.1. The lowest BCUT2D eigenvalue weighted by molar-refractivity contribution is -0.124. The average molecular weight is 319 g/mol. The third-order valence-electron chi connectivity index (χ3n) is 3.27. The summed E-state index contributed by atoms with van der Waals surface area (Å²) >= 11 is 6.37. The number of carbonyl (C=O) groups excluding carboxylic acids is 2. The molecule has 1 saturated heterocycles. The number of hydrazone groups is 1. The number of amides is 2. The minimum atomic E-state index is -0.184. The van der Waals surface area contributed by atoms with Crippen LogP contribution in [0.2, 0.25) is 0 Å².